The van der Waals surface area contributed by atoms with Gasteiger partial charge in [-0.25, -0.2) is 0 Å². The highest BCUT2D eigenvalue weighted by molar-refractivity contribution is 6.31. The zero-order chi connectivity index (χ0) is 17.6. The summed E-state index contributed by atoms with van der Waals surface area (Å²) in [6.45, 7) is 2.24. The second-order valence-electron chi connectivity index (χ2n) is 5.03. The third kappa shape index (κ3) is 2.46. The number of aromatic amines is 1. The molecule has 9 heteroatoms. The van der Waals surface area contributed by atoms with E-state index < -0.39 is 28.7 Å². The number of hydrogen-bond donors (Lipinski definition) is 1. The molecule has 0 unspecified atom stereocenters. The molecule has 1 N–H and O–H groups in total. The van der Waals surface area contributed by atoms with Crippen LogP contribution in [0.15, 0.2) is 27.8 Å². The number of aromatic nitrogens is 3. The lowest BCUT2D eigenvalue weighted by atomic mass is 10.1. The predicted molar refractivity (Wildman–Crippen MR) is 86.7 cm³/mol. The molecule has 1 aromatic carbocycles. The third-order valence-corrected chi connectivity index (χ3v) is 3.55. The lowest BCUT2D eigenvalue weighted by Crippen LogP contribution is -2.30. The maximum Gasteiger partial charge on any atom is 0.309 e. The molecule has 0 fully saturated rings. The minimum Gasteiger partial charge on any atom is -0.405 e. The maximum atomic E-state index is 12.7. The molecule has 0 aliphatic carbocycles. The van der Waals surface area contributed by atoms with Gasteiger partial charge in [0.15, 0.2) is 0 Å². The van der Waals surface area contributed by atoms with E-state index in [0.29, 0.717) is 15.2 Å². The summed E-state index contributed by atoms with van der Waals surface area (Å²) in [4.78, 5) is 50.8. The number of rotatable bonds is 1. The molecule has 0 radical (unpaired) electrons. The first-order chi connectivity index (χ1) is 11.3. The van der Waals surface area contributed by atoms with Crippen molar-refractivity contribution in [2.75, 3.05) is 0 Å². The average Bonchev–Trinajstić information content (AvgIpc) is 2.49. The van der Waals surface area contributed by atoms with E-state index in [1.54, 1.807) is 0 Å². The number of esters is 1. The molecule has 3 rings (SSSR count). The highest BCUT2D eigenvalue weighted by Crippen LogP contribution is 2.21. The molecular weight excluding hydrogens is 338 g/mol. The van der Waals surface area contributed by atoms with Gasteiger partial charge in [0.1, 0.15) is 10.9 Å². The molecule has 8 nitrogen and oxygen atoms in total. The van der Waals surface area contributed by atoms with E-state index in [2.05, 4.69) is 10.1 Å². The number of carbonyl (C=O) groups is 2. The Bertz CT molecular complexity index is 1150. The smallest absolute Gasteiger partial charge is 0.309 e. The summed E-state index contributed by atoms with van der Waals surface area (Å²) in [7, 11) is 0. The molecule has 0 atom stereocenters. The molecule has 0 spiro atoms. The highest BCUT2D eigenvalue weighted by Gasteiger charge is 2.20. The summed E-state index contributed by atoms with van der Waals surface area (Å²) in [6.07, 6.45) is 0. The van der Waals surface area contributed by atoms with Crippen molar-refractivity contribution in [3.8, 4) is 5.88 Å². The van der Waals surface area contributed by atoms with E-state index in [0.717, 1.165) is 13.8 Å². The van der Waals surface area contributed by atoms with Crippen LogP contribution in [-0.2, 0) is 4.79 Å². The van der Waals surface area contributed by atoms with E-state index in [-0.39, 0.29) is 16.3 Å². The monoisotopic (exact) mass is 347 g/mol. The van der Waals surface area contributed by atoms with Crippen LogP contribution in [0.1, 0.15) is 18.6 Å². The number of nitrogens with zero attached hydrogens (tertiary/aromatic N) is 2. The molecular formula is C15H10ClN3O5. The van der Waals surface area contributed by atoms with Gasteiger partial charge in [-0.15, -0.1) is 5.10 Å². The van der Waals surface area contributed by atoms with E-state index in [9.17, 15) is 19.2 Å². The van der Waals surface area contributed by atoms with Gasteiger partial charge in [0.05, 0.1) is 5.52 Å². The summed E-state index contributed by atoms with van der Waals surface area (Å²) < 4.78 is 5.44. The summed E-state index contributed by atoms with van der Waals surface area (Å²) >= 11 is 5.90. The highest BCUT2D eigenvalue weighted by atomic mass is 35.5. The lowest BCUT2D eigenvalue weighted by molar-refractivity contribution is -0.132. The van der Waals surface area contributed by atoms with Gasteiger partial charge in [-0.2, -0.15) is 4.68 Å². The van der Waals surface area contributed by atoms with Crippen molar-refractivity contribution in [1.29, 1.82) is 0 Å². The van der Waals surface area contributed by atoms with Crippen molar-refractivity contribution in [2.45, 2.75) is 13.8 Å². The Morgan fingerprint density at radius 1 is 1.25 bits per heavy atom. The molecule has 0 saturated carbocycles. The van der Waals surface area contributed by atoms with Crippen LogP contribution in [0.5, 0.6) is 5.88 Å². The van der Waals surface area contributed by atoms with Crippen LogP contribution in [0.2, 0.25) is 5.02 Å². The molecule has 0 amide bonds. The molecule has 2 aromatic heterocycles. The lowest BCUT2D eigenvalue weighted by Gasteiger charge is -2.09. The van der Waals surface area contributed by atoms with Crippen molar-refractivity contribution >= 4 is 45.3 Å². The number of H-pyrrole nitrogens is 1. The van der Waals surface area contributed by atoms with Gasteiger partial charge in [0, 0.05) is 24.3 Å². The van der Waals surface area contributed by atoms with Crippen LogP contribution in [0.3, 0.4) is 0 Å². The van der Waals surface area contributed by atoms with Gasteiger partial charge in [0.25, 0.3) is 11.4 Å². The van der Waals surface area contributed by atoms with E-state index in [4.69, 9.17) is 16.3 Å². The molecule has 0 aliphatic rings. The number of pyridine rings is 1. The molecule has 0 bridgehead atoms. The Hall–Kier alpha value is -3.00. The number of nitrogens with one attached hydrogen (secondary N) is 1. The van der Waals surface area contributed by atoms with Crippen LogP contribution in [0, 0.1) is 0 Å². The van der Waals surface area contributed by atoms with Crippen molar-refractivity contribution < 1.29 is 14.3 Å². The first kappa shape index (κ1) is 15.9. The van der Waals surface area contributed by atoms with Gasteiger partial charge in [-0.05, 0) is 18.2 Å². The van der Waals surface area contributed by atoms with E-state index in [1.807, 2.05) is 0 Å². The van der Waals surface area contributed by atoms with Gasteiger partial charge >= 0.3 is 5.97 Å². The standard InChI is InChI=1S/C15H10ClN3O5/c1-6(20)19-15(23)12-11(14(18-19)24-7(2)21)13(22)9-4-3-8(16)5-10(9)17-12/h3-5H,1-2H3,(H,17,22). The fourth-order valence-electron chi connectivity index (χ4n) is 2.34. The minimum absolute atomic E-state index is 0.198. The SMILES string of the molecule is CC(=O)Oc1nn(C(C)=O)c(=O)c2[nH]c3cc(Cl)ccc3c(=O)c12. The van der Waals surface area contributed by atoms with Crippen LogP contribution in [-0.4, -0.2) is 26.6 Å². The molecule has 2 heterocycles. The second-order valence-corrected chi connectivity index (χ2v) is 5.47. The van der Waals surface area contributed by atoms with E-state index in [1.165, 1.54) is 18.2 Å². The molecule has 0 aliphatic heterocycles. The fourth-order valence-corrected chi connectivity index (χ4v) is 2.51. The van der Waals surface area contributed by atoms with Crippen molar-refractivity contribution in [3.05, 3.63) is 43.8 Å². The van der Waals surface area contributed by atoms with Crippen LogP contribution < -0.4 is 15.7 Å². The Morgan fingerprint density at radius 3 is 2.58 bits per heavy atom. The summed E-state index contributed by atoms with van der Waals surface area (Å²) in [5.74, 6) is -1.85. The number of fused-ring (bicyclic) bond motifs is 2. The summed E-state index contributed by atoms with van der Waals surface area (Å²) in [5, 5.41) is 4.08. The summed E-state index contributed by atoms with van der Waals surface area (Å²) in [5.41, 5.74) is -1.28. The molecule has 3 aromatic rings. The second kappa shape index (κ2) is 5.57. The normalized spacial score (nSPS) is 11.0. The first-order valence-corrected chi connectivity index (χ1v) is 7.15. The van der Waals surface area contributed by atoms with Crippen LogP contribution >= 0.6 is 11.6 Å². The number of hydrogen-bond acceptors (Lipinski definition) is 6. The van der Waals surface area contributed by atoms with Crippen molar-refractivity contribution in [1.82, 2.24) is 14.8 Å². The quantitative estimate of drug-likeness (QED) is 0.527. The number of ether oxygens (including phenoxy) is 1. The summed E-state index contributed by atoms with van der Waals surface area (Å²) in [6, 6.07) is 4.46. The van der Waals surface area contributed by atoms with Gasteiger partial charge < -0.3 is 9.72 Å². The Morgan fingerprint density at radius 2 is 1.96 bits per heavy atom. The Balaban J connectivity index is 2.58. The number of halogens is 1. The van der Waals surface area contributed by atoms with E-state index >= 15 is 0 Å². The minimum atomic E-state index is -0.827. The predicted octanol–water partition coefficient (Wildman–Crippen LogP) is 1.48. The van der Waals surface area contributed by atoms with Crippen LogP contribution in [0.25, 0.3) is 21.8 Å². The number of carbonyl (C=O) groups excluding carboxylic acids is 2. The topological polar surface area (TPSA) is 111 Å². The van der Waals surface area contributed by atoms with Crippen molar-refractivity contribution in [2.24, 2.45) is 0 Å². The molecule has 24 heavy (non-hydrogen) atoms. The first-order valence-electron chi connectivity index (χ1n) is 6.77. The van der Waals surface area contributed by atoms with Crippen LogP contribution in [0.4, 0.5) is 0 Å². The third-order valence-electron chi connectivity index (χ3n) is 3.31. The zero-order valence-electron chi connectivity index (χ0n) is 12.5. The number of benzene rings is 1. The maximum absolute atomic E-state index is 12.7. The Labute approximate surface area is 138 Å². The van der Waals surface area contributed by atoms with Gasteiger partial charge in [-0.1, -0.05) is 11.6 Å². The average molecular weight is 348 g/mol. The largest absolute Gasteiger partial charge is 0.405 e. The fraction of sp³-hybridized carbons (Fsp3) is 0.133. The van der Waals surface area contributed by atoms with Gasteiger partial charge in [0.2, 0.25) is 11.3 Å². The molecule has 122 valence electrons. The van der Waals surface area contributed by atoms with Gasteiger partial charge in [-0.3, -0.25) is 19.2 Å². The Kier molecular flexibility index (Phi) is 3.69. The zero-order valence-corrected chi connectivity index (χ0v) is 13.3. The molecule has 0 saturated heterocycles. The van der Waals surface area contributed by atoms with Crippen molar-refractivity contribution in [3.63, 3.8) is 0 Å².